The molecule has 0 radical (unpaired) electrons. The number of rotatable bonds is 7. The van der Waals surface area contributed by atoms with Crippen LogP contribution in [0.3, 0.4) is 0 Å². The molecule has 0 aliphatic carbocycles. The third-order valence-electron chi connectivity index (χ3n) is 10.9. The zero-order chi connectivity index (χ0) is 31.5. The van der Waals surface area contributed by atoms with E-state index in [9.17, 15) is 14.4 Å². The van der Waals surface area contributed by atoms with Crippen molar-refractivity contribution in [2.24, 2.45) is 5.92 Å². The first-order valence-corrected chi connectivity index (χ1v) is 17.5. The molecule has 0 bridgehead atoms. The lowest BCUT2D eigenvalue weighted by Crippen LogP contribution is -2.52. The van der Waals surface area contributed by atoms with Crippen LogP contribution in [0.5, 0.6) is 0 Å². The number of anilines is 1. The minimum atomic E-state index is -0.396. The molecule has 1 unspecified atom stereocenters. The van der Waals surface area contributed by atoms with Crippen LogP contribution in [0.2, 0.25) is 0 Å². The van der Waals surface area contributed by atoms with E-state index in [-0.39, 0.29) is 30.3 Å². The number of benzene rings is 3. The largest absolute Gasteiger partial charge is 0.343 e. The van der Waals surface area contributed by atoms with Crippen molar-refractivity contribution in [1.82, 2.24) is 19.6 Å². The summed E-state index contributed by atoms with van der Waals surface area (Å²) >= 11 is 0. The van der Waals surface area contributed by atoms with Gasteiger partial charge in [-0.1, -0.05) is 67.1 Å². The van der Waals surface area contributed by atoms with Crippen molar-refractivity contribution < 1.29 is 14.4 Å². The minimum absolute atomic E-state index is 0.0497. The maximum Gasteiger partial charge on any atom is 0.322 e. The van der Waals surface area contributed by atoms with Gasteiger partial charge in [0, 0.05) is 56.9 Å². The quantitative estimate of drug-likeness (QED) is 0.356. The van der Waals surface area contributed by atoms with Gasteiger partial charge in [-0.2, -0.15) is 0 Å². The van der Waals surface area contributed by atoms with Crippen LogP contribution in [-0.4, -0.2) is 88.8 Å². The molecule has 1 N–H and O–H groups in total. The average molecular weight is 622 g/mol. The third kappa shape index (κ3) is 6.63. The fraction of sp³-hybridized carbons (Fsp3) is 0.500. The molecule has 0 aromatic heterocycles. The van der Waals surface area contributed by atoms with Crippen LogP contribution in [0, 0.1) is 5.92 Å². The predicted molar refractivity (Wildman–Crippen MR) is 181 cm³/mol. The molecule has 4 aliphatic rings. The van der Waals surface area contributed by atoms with Gasteiger partial charge < -0.3 is 24.9 Å². The number of para-hydroxylation sites is 1. The van der Waals surface area contributed by atoms with Gasteiger partial charge >= 0.3 is 6.03 Å². The van der Waals surface area contributed by atoms with Crippen molar-refractivity contribution in [2.75, 3.05) is 44.6 Å². The summed E-state index contributed by atoms with van der Waals surface area (Å²) in [5.74, 6) is -0.225. The van der Waals surface area contributed by atoms with Crippen molar-refractivity contribution in [3.05, 3.63) is 77.9 Å². The zero-order valence-electron chi connectivity index (χ0n) is 26.9. The monoisotopic (exact) mass is 621 g/mol. The second-order valence-corrected chi connectivity index (χ2v) is 13.7. The Morgan fingerprint density at radius 3 is 2.22 bits per heavy atom. The van der Waals surface area contributed by atoms with Gasteiger partial charge in [-0.15, -0.1) is 0 Å². The number of likely N-dealkylation sites (tertiary alicyclic amines) is 3. The number of nitrogens with one attached hydrogen (secondary N) is 1. The summed E-state index contributed by atoms with van der Waals surface area (Å²) in [5, 5.41) is 5.34. The number of fused-ring (bicyclic) bond motifs is 2. The molecule has 242 valence electrons. The minimum Gasteiger partial charge on any atom is -0.343 e. The van der Waals surface area contributed by atoms with E-state index in [1.807, 2.05) is 45.0 Å². The number of carbonyl (C=O) groups is 3. The Labute approximate surface area is 272 Å². The molecule has 3 aromatic rings. The van der Waals surface area contributed by atoms with E-state index >= 15 is 0 Å². The van der Waals surface area contributed by atoms with Crippen LogP contribution in [0.15, 0.2) is 66.7 Å². The number of amides is 4. The second kappa shape index (κ2) is 13.8. The molecule has 8 nitrogen and oxygen atoms in total. The smallest absolute Gasteiger partial charge is 0.322 e. The van der Waals surface area contributed by atoms with Crippen molar-refractivity contribution >= 4 is 34.3 Å². The topological polar surface area (TPSA) is 76.2 Å². The number of nitrogens with zero attached hydrogens (tertiary/aromatic N) is 4. The molecule has 4 heterocycles. The van der Waals surface area contributed by atoms with Gasteiger partial charge in [0.25, 0.3) is 0 Å². The van der Waals surface area contributed by atoms with E-state index in [0.29, 0.717) is 32.1 Å². The van der Waals surface area contributed by atoms with E-state index < -0.39 is 5.92 Å². The maximum atomic E-state index is 14.2. The SMILES string of the molecule is O=C(CC(Cc1cccc2ccccc12)C(=O)N1CCC(N2CCCCC2)CC1)N1CCC(N2Cc3ccccc3NC2=O)CC1. The summed E-state index contributed by atoms with van der Waals surface area (Å²) in [6, 6.07) is 23.1. The molecule has 4 aliphatic heterocycles. The number of hydrogen-bond donors (Lipinski definition) is 1. The Morgan fingerprint density at radius 1 is 0.739 bits per heavy atom. The molecule has 7 rings (SSSR count). The third-order valence-corrected chi connectivity index (χ3v) is 10.9. The summed E-state index contributed by atoms with van der Waals surface area (Å²) in [6.45, 7) is 5.71. The summed E-state index contributed by atoms with van der Waals surface area (Å²) in [6.07, 6.45) is 8.19. The molecule has 1 atom stereocenters. The van der Waals surface area contributed by atoms with Crippen LogP contribution in [-0.2, 0) is 22.6 Å². The standard InChI is InChI=1S/C38H47N5O3/c44-36(41-21-17-33(18-22-41)43-27-30-10-3-5-14-35(30)39-38(43)46)26-31(25-29-12-8-11-28-9-2-4-13-34(28)29)37(45)42-23-15-32(16-24-42)40-19-6-1-7-20-40/h2-5,8-14,31-33H,1,6-7,15-27H2,(H,39,46). The Kier molecular flexibility index (Phi) is 9.24. The van der Waals surface area contributed by atoms with Crippen LogP contribution in [0.25, 0.3) is 10.8 Å². The van der Waals surface area contributed by atoms with Crippen molar-refractivity contribution in [1.29, 1.82) is 0 Å². The summed E-state index contributed by atoms with van der Waals surface area (Å²) in [4.78, 5) is 49.5. The molecular formula is C38H47N5O3. The lowest BCUT2D eigenvalue weighted by molar-refractivity contribution is -0.143. The highest BCUT2D eigenvalue weighted by atomic mass is 16.2. The molecule has 4 amide bonds. The lowest BCUT2D eigenvalue weighted by atomic mass is 9.90. The highest BCUT2D eigenvalue weighted by Gasteiger charge is 2.36. The predicted octanol–water partition coefficient (Wildman–Crippen LogP) is 5.90. The fourth-order valence-corrected chi connectivity index (χ4v) is 8.26. The number of carbonyl (C=O) groups excluding carboxylic acids is 3. The van der Waals surface area contributed by atoms with Gasteiger partial charge in [0.15, 0.2) is 0 Å². The van der Waals surface area contributed by atoms with Crippen molar-refractivity contribution in [3.63, 3.8) is 0 Å². The number of urea groups is 1. The van der Waals surface area contributed by atoms with Crippen molar-refractivity contribution in [3.8, 4) is 0 Å². The lowest BCUT2D eigenvalue weighted by Gasteiger charge is -2.41. The molecule has 3 saturated heterocycles. The molecule has 8 heteroatoms. The van der Waals surface area contributed by atoms with Crippen LogP contribution >= 0.6 is 0 Å². The summed E-state index contributed by atoms with van der Waals surface area (Å²) < 4.78 is 0. The van der Waals surface area contributed by atoms with E-state index in [4.69, 9.17) is 0 Å². The van der Waals surface area contributed by atoms with Gasteiger partial charge in [-0.05, 0) is 86.0 Å². The van der Waals surface area contributed by atoms with E-state index in [1.165, 1.54) is 32.4 Å². The molecule has 46 heavy (non-hydrogen) atoms. The Bertz CT molecular complexity index is 1550. The zero-order valence-corrected chi connectivity index (χ0v) is 26.9. The molecule has 0 spiro atoms. The van der Waals surface area contributed by atoms with Crippen LogP contribution < -0.4 is 5.32 Å². The first kappa shape index (κ1) is 30.7. The van der Waals surface area contributed by atoms with Gasteiger partial charge in [-0.3, -0.25) is 9.59 Å². The molecule has 3 fully saturated rings. The van der Waals surface area contributed by atoms with E-state index in [2.05, 4.69) is 46.6 Å². The highest BCUT2D eigenvalue weighted by molar-refractivity contribution is 5.92. The van der Waals surface area contributed by atoms with Crippen molar-refractivity contribution in [2.45, 2.75) is 76.4 Å². The van der Waals surface area contributed by atoms with Crippen LogP contribution in [0.4, 0.5) is 10.5 Å². The Hall–Kier alpha value is -3.91. The average Bonchev–Trinajstić information content (AvgIpc) is 3.11. The summed E-state index contributed by atoms with van der Waals surface area (Å²) in [7, 11) is 0. The van der Waals surface area contributed by atoms with Gasteiger partial charge in [0.1, 0.15) is 0 Å². The van der Waals surface area contributed by atoms with Crippen LogP contribution in [0.1, 0.15) is 62.5 Å². The normalized spacial score (nSPS) is 20.8. The number of piperidine rings is 3. The Morgan fingerprint density at radius 2 is 1.41 bits per heavy atom. The molecular weight excluding hydrogens is 574 g/mol. The fourth-order valence-electron chi connectivity index (χ4n) is 8.26. The van der Waals surface area contributed by atoms with E-state index in [0.717, 1.165) is 66.4 Å². The van der Waals surface area contributed by atoms with Gasteiger partial charge in [-0.25, -0.2) is 4.79 Å². The molecule has 3 aromatic carbocycles. The number of hydrogen-bond acceptors (Lipinski definition) is 4. The second-order valence-electron chi connectivity index (χ2n) is 13.7. The van der Waals surface area contributed by atoms with Gasteiger partial charge in [0.05, 0.1) is 5.92 Å². The van der Waals surface area contributed by atoms with E-state index in [1.54, 1.807) is 0 Å². The first-order valence-electron chi connectivity index (χ1n) is 17.5. The van der Waals surface area contributed by atoms with Gasteiger partial charge in [0.2, 0.25) is 11.8 Å². The summed E-state index contributed by atoms with van der Waals surface area (Å²) in [5.41, 5.74) is 3.13. The maximum absolute atomic E-state index is 14.2. The highest BCUT2D eigenvalue weighted by Crippen LogP contribution is 2.30. The first-order chi connectivity index (χ1) is 22.5. The molecule has 0 saturated carbocycles. The Balaban J connectivity index is 1.02.